The van der Waals surface area contributed by atoms with Crippen molar-refractivity contribution >= 4 is 17.6 Å². The molecule has 2 aromatic rings. The van der Waals surface area contributed by atoms with E-state index in [-0.39, 0.29) is 5.97 Å². The second-order valence-electron chi connectivity index (χ2n) is 4.45. The number of halogens is 1. The second kappa shape index (κ2) is 5.89. The summed E-state index contributed by atoms with van der Waals surface area (Å²) in [5.74, 6) is -0.305. The Morgan fingerprint density at radius 2 is 1.47 bits per heavy atom. The maximum Gasteiger partial charge on any atom is 0.303 e. The average molecular weight is 275 g/mol. The molecule has 0 aliphatic rings. The highest BCUT2D eigenvalue weighted by Gasteiger charge is 2.17. The summed E-state index contributed by atoms with van der Waals surface area (Å²) in [4.78, 5) is 11.3. The lowest BCUT2D eigenvalue weighted by Crippen LogP contribution is -2.10. The normalized spacial score (nSPS) is 11.9. The van der Waals surface area contributed by atoms with Gasteiger partial charge in [-0.15, -0.1) is 0 Å². The molecule has 0 spiro atoms. The number of aryl methyl sites for hydroxylation is 1. The van der Waals surface area contributed by atoms with Gasteiger partial charge in [-0.05, 0) is 30.2 Å². The Bertz CT molecular complexity index is 513. The van der Waals surface area contributed by atoms with E-state index in [0.29, 0.717) is 5.02 Å². The number of hydrogen-bond donors (Lipinski definition) is 0. The molecule has 0 saturated heterocycles. The SMILES string of the molecule is CC(=O)OC(c1ccc(C)cc1)c1ccc(Cl)cc1. The van der Waals surface area contributed by atoms with Crippen molar-refractivity contribution in [1.82, 2.24) is 0 Å². The topological polar surface area (TPSA) is 26.3 Å². The molecule has 0 radical (unpaired) electrons. The predicted octanol–water partition coefficient (Wildman–Crippen LogP) is 4.30. The average Bonchev–Trinajstić information content (AvgIpc) is 2.38. The van der Waals surface area contributed by atoms with Gasteiger partial charge in [0, 0.05) is 11.9 Å². The summed E-state index contributed by atoms with van der Waals surface area (Å²) in [5.41, 5.74) is 3.02. The van der Waals surface area contributed by atoms with E-state index in [1.54, 1.807) is 12.1 Å². The summed E-state index contributed by atoms with van der Waals surface area (Å²) in [6.45, 7) is 3.43. The van der Waals surface area contributed by atoms with Gasteiger partial charge in [0.1, 0.15) is 0 Å². The van der Waals surface area contributed by atoms with Gasteiger partial charge in [-0.3, -0.25) is 4.79 Å². The summed E-state index contributed by atoms with van der Waals surface area (Å²) in [6, 6.07) is 15.3. The van der Waals surface area contributed by atoms with Crippen LogP contribution in [0.5, 0.6) is 0 Å². The molecule has 2 aromatic carbocycles. The van der Waals surface area contributed by atoms with E-state index in [4.69, 9.17) is 16.3 Å². The molecule has 0 aliphatic heterocycles. The summed E-state index contributed by atoms with van der Waals surface area (Å²) in [6.07, 6.45) is -0.393. The molecular formula is C16H15ClO2. The van der Waals surface area contributed by atoms with Crippen molar-refractivity contribution in [3.05, 3.63) is 70.2 Å². The third-order valence-corrected chi connectivity index (χ3v) is 3.09. The molecule has 0 aromatic heterocycles. The fourth-order valence-corrected chi connectivity index (χ4v) is 2.00. The minimum Gasteiger partial charge on any atom is -0.453 e. The van der Waals surface area contributed by atoms with Crippen LogP contribution < -0.4 is 0 Å². The zero-order valence-corrected chi connectivity index (χ0v) is 11.6. The molecule has 1 unspecified atom stereocenters. The minimum absolute atomic E-state index is 0.305. The van der Waals surface area contributed by atoms with E-state index < -0.39 is 6.10 Å². The van der Waals surface area contributed by atoms with Gasteiger partial charge in [0.25, 0.3) is 0 Å². The highest BCUT2D eigenvalue weighted by Crippen LogP contribution is 2.27. The van der Waals surface area contributed by atoms with Crippen LogP contribution in [0.3, 0.4) is 0 Å². The van der Waals surface area contributed by atoms with Crippen molar-refractivity contribution in [2.75, 3.05) is 0 Å². The number of ether oxygens (including phenoxy) is 1. The monoisotopic (exact) mass is 274 g/mol. The van der Waals surface area contributed by atoms with Gasteiger partial charge in [0.05, 0.1) is 0 Å². The minimum atomic E-state index is -0.393. The van der Waals surface area contributed by atoms with E-state index in [2.05, 4.69) is 0 Å². The Balaban J connectivity index is 2.37. The lowest BCUT2D eigenvalue weighted by molar-refractivity contribution is -0.144. The highest BCUT2D eigenvalue weighted by molar-refractivity contribution is 6.30. The number of hydrogen-bond acceptors (Lipinski definition) is 2. The quantitative estimate of drug-likeness (QED) is 0.780. The first-order valence-corrected chi connectivity index (χ1v) is 6.43. The van der Waals surface area contributed by atoms with Crippen LogP contribution in [0.4, 0.5) is 0 Å². The molecule has 3 heteroatoms. The van der Waals surface area contributed by atoms with E-state index in [1.807, 2.05) is 43.3 Å². The lowest BCUT2D eigenvalue weighted by atomic mass is 10.0. The molecule has 1 atom stereocenters. The first kappa shape index (κ1) is 13.6. The van der Waals surface area contributed by atoms with E-state index >= 15 is 0 Å². The molecule has 2 nitrogen and oxygen atoms in total. The van der Waals surface area contributed by atoms with Gasteiger partial charge < -0.3 is 4.74 Å². The number of rotatable bonds is 3. The van der Waals surface area contributed by atoms with E-state index in [1.165, 1.54) is 12.5 Å². The van der Waals surface area contributed by atoms with Gasteiger partial charge in [-0.2, -0.15) is 0 Å². The molecular weight excluding hydrogens is 260 g/mol. The Hall–Kier alpha value is -1.80. The zero-order valence-electron chi connectivity index (χ0n) is 10.9. The van der Waals surface area contributed by atoms with Crippen LogP contribution in [0.15, 0.2) is 48.5 Å². The van der Waals surface area contributed by atoms with Crippen LogP contribution >= 0.6 is 11.6 Å². The van der Waals surface area contributed by atoms with Crippen molar-refractivity contribution in [3.8, 4) is 0 Å². The molecule has 19 heavy (non-hydrogen) atoms. The van der Waals surface area contributed by atoms with Crippen molar-refractivity contribution in [3.63, 3.8) is 0 Å². The number of carbonyl (C=O) groups excluding carboxylic acids is 1. The molecule has 0 fully saturated rings. The van der Waals surface area contributed by atoms with Crippen LogP contribution in [0, 0.1) is 6.92 Å². The van der Waals surface area contributed by atoms with E-state index in [0.717, 1.165) is 11.1 Å². The zero-order chi connectivity index (χ0) is 13.8. The summed E-state index contributed by atoms with van der Waals surface area (Å²) in [7, 11) is 0. The van der Waals surface area contributed by atoms with Gasteiger partial charge in [-0.1, -0.05) is 53.6 Å². The van der Waals surface area contributed by atoms with E-state index in [9.17, 15) is 4.79 Å². The third kappa shape index (κ3) is 3.58. The Morgan fingerprint density at radius 3 is 1.95 bits per heavy atom. The first-order valence-electron chi connectivity index (χ1n) is 6.05. The lowest BCUT2D eigenvalue weighted by Gasteiger charge is -2.18. The summed E-state index contributed by atoms with van der Waals surface area (Å²) in [5, 5.41) is 0.661. The van der Waals surface area contributed by atoms with Crippen molar-refractivity contribution < 1.29 is 9.53 Å². The molecule has 2 rings (SSSR count). The fraction of sp³-hybridized carbons (Fsp3) is 0.188. The Kier molecular flexibility index (Phi) is 4.23. The fourth-order valence-electron chi connectivity index (χ4n) is 1.87. The molecule has 0 amide bonds. The molecule has 0 heterocycles. The smallest absolute Gasteiger partial charge is 0.303 e. The maximum atomic E-state index is 11.3. The molecule has 0 N–H and O–H groups in total. The molecule has 0 saturated carbocycles. The first-order chi connectivity index (χ1) is 9.06. The summed E-state index contributed by atoms with van der Waals surface area (Å²) >= 11 is 5.88. The molecule has 98 valence electrons. The molecule has 0 bridgehead atoms. The maximum absolute atomic E-state index is 11.3. The molecule has 0 aliphatic carbocycles. The number of esters is 1. The van der Waals surface area contributed by atoms with Crippen molar-refractivity contribution in [2.24, 2.45) is 0 Å². The van der Waals surface area contributed by atoms with Crippen LogP contribution in [-0.4, -0.2) is 5.97 Å². The van der Waals surface area contributed by atoms with Gasteiger partial charge >= 0.3 is 5.97 Å². The number of carbonyl (C=O) groups is 1. The van der Waals surface area contributed by atoms with Crippen LogP contribution in [0.1, 0.15) is 29.7 Å². The van der Waals surface area contributed by atoms with Gasteiger partial charge in [0.15, 0.2) is 6.10 Å². The van der Waals surface area contributed by atoms with Crippen molar-refractivity contribution in [1.29, 1.82) is 0 Å². The Labute approximate surface area is 118 Å². The number of benzene rings is 2. The standard InChI is InChI=1S/C16H15ClO2/c1-11-3-5-13(6-4-11)16(19-12(2)18)14-7-9-15(17)10-8-14/h3-10,16H,1-2H3. The van der Waals surface area contributed by atoms with Gasteiger partial charge in [-0.25, -0.2) is 0 Å². The van der Waals surface area contributed by atoms with Crippen LogP contribution in [-0.2, 0) is 9.53 Å². The van der Waals surface area contributed by atoms with Crippen LogP contribution in [0.25, 0.3) is 0 Å². The Morgan fingerprint density at radius 1 is 1.00 bits per heavy atom. The largest absolute Gasteiger partial charge is 0.453 e. The van der Waals surface area contributed by atoms with Gasteiger partial charge in [0.2, 0.25) is 0 Å². The second-order valence-corrected chi connectivity index (χ2v) is 4.89. The third-order valence-electron chi connectivity index (χ3n) is 2.84. The predicted molar refractivity (Wildman–Crippen MR) is 76.2 cm³/mol. The summed E-state index contributed by atoms with van der Waals surface area (Å²) < 4.78 is 5.42. The van der Waals surface area contributed by atoms with Crippen LogP contribution in [0.2, 0.25) is 5.02 Å². The van der Waals surface area contributed by atoms with Crippen molar-refractivity contribution in [2.45, 2.75) is 20.0 Å². The highest BCUT2D eigenvalue weighted by atomic mass is 35.5.